The molecule has 0 aliphatic rings. The number of halogens is 1. The number of hydrogen-bond acceptors (Lipinski definition) is 5. The first kappa shape index (κ1) is 10.8. The van der Waals surface area contributed by atoms with E-state index < -0.39 is 0 Å². The zero-order valence-electron chi connectivity index (χ0n) is 8.94. The maximum absolute atomic E-state index is 8.80. The van der Waals surface area contributed by atoms with Crippen LogP contribution in [0, 0.1) is 11.3 Å². The molecule has 0 aromatic carbocycles. The SMILES string of the molecule is N#Cc1cc2c(Br)c(Nc3ncc[nH]3)ncc2o1. The highest BCUT2D eigenvalue weighted by Gasteiger charge is 2.12. The van der Waals surface area contributed by atoms with E-state index in [1.54, 1.807) is 24.7 Å². The van der Waals surface area contributed by atoms with E-state index in [1.807, 2.05) is 6.07 Å². The lowest BCUT2D eigenvalue weighted by Gasteiger charge is -2.04. The predicted octanol–water partition coefficient (Wildman–Crippen LogP) is 2.93. The Morgan fingerprint density at radius 3 is 3.06 bits per heavy atom. The summed E-state index contributed by atoms with van der Waals surface area (Å²) >= 11 is 3.43. The minimum atomic E-state index is 0.252. The van der Waals surface area contributed by atoms with Crippen LogP contribution in [0.3, 0.4) is 0 Å². The summed E-state index contributed by atoms with van der Waals surface area (Å²) in [5.74, 6) is 1.44. The van der Waals surface area contributed by atoms with Gasteiger partial charge in [0.1, 0.15) is 11.9 Å². The van der Waals surface area contributed by atoms with Gasteiger partial charge in [-0.1, -0.05) is 0 Å². The normalized spacial score (nSPS) is 10.4. The van der Waals surface area contributed by atoms with Gasteiger partial charge in [-0.2, -0.15) is 5.26 Å². The van der Waals surface area contributed by atoms with E-state index in [2.05, 4.69) is 36.2 Å². The Labute approximate surface area is 110 Å². The molecule has 0 aliphatic heterocycles. The number of nitrogens with one attached hydrogen (secondary N) is 2. The molecule has 0 atom stereocenters. The topological polar surface area (TPSA) is 90.5 Å². The first-order valence-electron chi connectivity index (χ1n) is 5.02. The number of aromatic amines is 1. The van der Waals surface area contributed by atoms with Gasteiger partial charge in [-0.15, -0.1) is 0 Å². The summed E-state index contributed by atoms with van der Waals surface area (Å²) < 4.78 is 6.01. The van der Waals surface area contributed by atoms with Crippen LogP contribution in [0.2, 0.25) is 0 Å². The van der Waals surface area contributed by atoms with Gasteiger partial charge in [-0.3, -0.25) is 0 Å². The van der Waals surface area contributed by atoms with E-state index in [4.69, 9.17) is 9.68 Å². The van der Waals surface area contributed by atoms with Crippen molar-refractivity contribution in [3.8, 4) is 6.07 Å². The van der Waals surface area contributed by atoms with Crippen molar-refractivity contribution < 1.29 is 4.42 Å². The molecule has 0 aliphatic carbocycles. The summed E-state index contributed by atoms with van der Waals surface area (Å²) in [6.07, 6.45) is 4.91. The van der Waals surface area contributed by atoms with Crippen LogP contribution in [-0.4, -0.2) is 15.0 Å². The maximum Gasteiger partial charge on any atom is 0.205 e. The van der Waals surface area contributed by atoms with Gasteiger partial charge < -0.3 is 14.7 Å². The van der Waals surface area contributed by atoms with E-state index in [-0.39, 0.29) is 5.76 Å². The smallest absolute Gasteiger partial charge is 0.205 e. The monoisotopic (exact) mass is 303 g/mol. The van der Waals surface area contributed by atoms with Crippen molar-refractivity contribution in [1.29, 1.82) is 5.26 Å². The molecule has 3 aromatic heterocycles. The molecule has 0 radical (unpaired) electrons. The highest BCUT2D eigenvalue weighted by molar-refractivity contribution is 9.10. The molecule has 0 amide bonds. The molecule has 18 heavy (non-hydrogen) atoms. The van der Waals surface area contributed by atoms with E-state index in [9.17, 15) is 0 Å². The molecule has 0 fully saturated rings. The summed E-state index contributed by atoms with van der Waals surface area (Å²) in [4.78, 5) is 11.2. The van der Waals surface area contributed by atoms with Crippen molar-refractivity contribution in [2.45, 2.75) is 0 Å². The number of rotatable bonds is 2. The number of pyridine rings is 1. The van der Waals surface area contributed by atoms with Gasteiger partial charge in [0.15, 0.2) is 5.58 Å². The number of anilines is 2. The molecule has 6 nitrogen and oxygen atoms in total. The molecule has 88 valence electrons. The van der Waals surface area contributed by atoms with E-state index >= 15 is 0 Å². The largest absolute Gasteiger partial charge is 0.444 e. The number of fused-ring (bicyclic) bond motifs is 1. The van der Waals surface area contributed by atoms with Crippen LogP contribution >= 0.6 is 15.9 Å². The second-order valence-corrected chi connectivity index (χ2v) is 4.28. The van der Waals surface area contributed by atoms with Crippen LogP contribution in [-0.2, 0) is 0 Å². The summed E-state index contributed by atoms with van der Waals surface area (Å²) in [7, 11) is 0. The van der Waals surface area contributed by atoms with Gasteiger partial charge in [-0.25, -0.2) is 9.97 Å². The fraction of sp³-hybridized carbons (Fsp3) is 0. The molecule has 7 heteroatoms. The lowest BCUT2D eigenvalue weighted by atomic mass is 10.3. The van der Waals surface area contributed by atoms with Crippen LogP contribution in [0.15, 0.2) is 33.5 Å². The minimum Gasteiger partial charge on any atom is -0.444 e. The third-order valence-electron chi connectivity index (χ3n) is 2.36. The third-order valence-corrected chi connectivity index (χ3v) is 3.16. The minimum absolute atomic E-state index is 0.252. The predicted molar refractivity (Wildman–Crippen MR) is 68.3 cm³/mol. The zero-order valence-corrected chi connectivity index (χ0v) is 10.5. The number of nitrogens with zero attached hydrogens (tertiary/aromatic N) is 3. The number of hydrogen-bond donors (Lipinski definition) is 2. The van der Waals surface area contributed by atoms with Gasteiger partial charge in [-0.05, 0) is 15.9 Å². The van der Waals surface area contributed by atoms with Crippen LogP contribution in [0.5, 0.6) is 0 Å². The Morgan fingerprint density at radius 1 is 1.44 bits per heavy atom. The van der Waals surface area contributed by atoms with Crippen molar-refractivity contribution in [3.05, 3.63) is 34.9 Å². The van der Waals surface area contributed by atoms with Crippen LogP contribution in [0.25, 0.3) is 11.0 Å². The Bertz CT molecular complexity index is 741. The Hall–Kier alpha value is -2.33. The molecular weight excluding hydrogens is 298 g/mol. The standard InChI is InChI=1S/C11H6BrN5O/c12-9-7-3-6(4-13)18-8(7)5-16-10(9)17-11-14-1-2-15-11/h1-3,5H,(H2,14,15,16,17). The van der Waals surface area contributed by atoms with E-state index in [0.29, 0.717) is 17.3 Å². The number of aromatic nitrogens is 3. The van der Waals surface area contributed by atoms with Crippen molar-refractivity contribution in [2.75, 3.05) is 5.32 Å². The zero-order chi connectivity index (χ0) is 12.5. The molecule has 0 bridgehead atoms. The fourth-order valence-electron chi connectivity index (χ4n) is 1.57. The highest BCUT2D eigenvalue weighted by atomic mass is 79.9. The van der Waals surface area contributed by atoms with Crippen molar-refractivity contribution >= 4 is 38.7 Å². The van der Waals surface area contributed by atoms with Gasteiger partial charge in [0.05, 0.1) is 10.7 Å². The number of imidazole rings is 1. The van der Waals surface area contributed by atoms with E-state index in [1.165, 1.54) is 0 Å². The molecule has 2 N–H and O–H groups in total. The third kappa shape index (κ3) is 1.72. The highest BCUT2D eigenvalue weighted by Crippen LogP contribution is 2.32. The summed E-state index contributed by atoms with van der Waals surface area (Å²) in [5.41, 5.74) is 0.559. The van der Waals surface area contributed by atoms with Crippen LogP contribution in [0.1, 0.15) is 5.76 Å². The molecule has 0 spiro atoms. The first-order chi connectivity index (χ1) is 8.78. The van der Waals surface area contributed by atoms with Gasteiger partial charge in [0, 0.05) is 23.8 Å². The molecule has 3 rings (SSSR count). The molecular formula is C11H6BrN5O. The Morgan fingerprint density at radius 2 is 2.33 bits per heavy atom. The average Bonchev–Trinajstić information content (AvgIpc) is 3.02. The lowest BCUT2D eigenvalue weighted by Crippen LogP contribution is -1.96. The van der Waals surface area contributed by atoms with Crippen molar-refractivity contribution in [3.63, 3.8) is 0 Å². The van der Waals surface area contributed by atoms with Gasteiger partial charge >= 0.3 is 0 Å². The summed E-state index contributed by atoms with van der Waals surface area (Å²) in [6.45, 7) is 0. The molecule has 0 unspecified atom stereocenters. The van der Waals surface area contributed by atoms with E-state index in [0.717, 1.165) is 9.86 Å². The van der Waals surface area contributed by atoms with Crippen LogP contribution < -0.4 is 5.32 Å². The molecule has 3 aromatic rings. The fourth-order valence-corrected chi connectivity index (χ4v) is 2.08. The molecule has 3 heterocycles. The summed E-state index contributed by atoms with van der Waals surface area (Å²) in [6, 6.07) is 3.62. The molecule has 0 saturated heterocycles. The average molecular weight is 304 g/mol. The van der Waals surface area contributed by atoms with Gasteiger partial charge in [0.2, 0.25) is 11.7 Å². The van der Waals surface area contributed by atoms with Crippen LogP contribution in [0.4, 0.5) is 11.8 Å². The number of nitriles is 1. The quantitative estimate of drug-likeness (QED) is 0.759. The summed E-state index contributed by atoms with van der Waals surface area (Å²) in [5, 5.41) is 12.6. The molecule has 0 saturated carbocycles. The Balaban J connectivity index is 2.08. The second kappa shape index (κ2) is 4.16. The Kier molecular flexibility index (Phi) is 2.50. The first-order valence-corrected chi connectivity index (χ1v) is 5.82. The van der Waals surface area contributed by atoms with Crippen molar-refractivity contribution in [2.24, 2.45) is 0 Å². The van der Waals surface area contributed by atoms with Crippen molar-refractivity contribution in [1.82, 2.24) is 15.0 Å². The number of furan rings is 1. The van der Waals surface area contributed by atoms with Gasteiger partial charge in [0.25, 0.3) is 0 Å². The maximum atomic E-state index is 8.80. The second-order valence-electron chi connectivity index (χ2n) is 3.48. The lowest BCUT2D eigenvalue weighted by molar-refractivity contribution is 0.598. The number of H-pyrrole nitrogens is 1.